The molecule has 1 aromatic carbocycles. The number of rotatable bonds is 3. The van der Waals surface area contributed by atoms with Crippen LogP contribution in [0.5, 0.6) is 17.4 Å². The molecule has 2 fully saturated rings. The molecule has 0 atom stereocenters. The summed E-state index contributed by atoms with van der Waals surface area (Å²) in [6.45, 7) is 4.81. The summed E-state index contributed by atoms with van der Waals surface area (Å²) in [5, 5.41) is 2.82. The van der Waals surface area contributed by atoms with E-state index in [4.69, 9.17) is 9.47 Å². The van der Waals surface area contributed by atoms with E-state index < -0.39 is 5.54 Å². The first-order valence-corrected chi connectivity index (χ1v) is 9.47. The fourth-order valence-corrected chi connectivity index (χ4v) is 4.12. The first-order valence-electron chi connectivity index (χ1n) is 9.47. The van der Waals surface area contributed by atoms with Crippen molar-refractivity contribution >= 4 is 17.6 Å². The highest BCUT2D eigenvalue weighted by Gasteiger charge is 2.55. The summed E-state index contributed by atoms with van der Waals surface area (Å²) in [6.07, 6.45) is 3.83. The zero-order valence-corrected chi connectivity index (χ0v) is 15.8. The van der Waals surface area contributed by atoms with Crippen LogP contribution in [-0.2, 0) is 10.2 Å². The lowest BCUT2D eigenvalue weighted by molar-refractivity contribution is -0.124. The lowest BCUT2D eigenvalue weighted by Crippen LogP contribution is -2.52. The molecule has 1 N–H and O–H groups in total. The Labute approximate surface area is 162 Å². The molecule has 1 spiro atoms. The molecule has 28 heavy (non-hydrogen) atoms. The summed E-state index contributed by atoms with van der Waals surface area (Å²) in [5.41, 5.74) is 0.605. The molecular weight excluding hydrogens is 358 g/mol. The summed E-state index contributed by atoms with van der Waals surface area (Å²) < 4.78 is 11.8. The van der Waals surface area contributed by atoms with Crippen LogP contribution in [-0.4, -0.2) is 29.1 Å². The van der Waals surface area contributed by atoms with Gasteiger partial charge in [-0.2, -0.15) is 0 Å². The van der Waals surface area contributed by atoms with E-state index in [1.165, 1.54) is 11.1 Å². The normalized spacial score (nSPS) is 21.1. The number of benzene rings is 1. The first kappa shape index (κ1) is 17.0. The summed E-state index contributed by atoms with van der Waals surface area (Å²) in [6, 6.07) is 8.67. The average molecular weight is 379 g/mol. The van der Waals surface area contributed by atoms with Crippen molar-refractivity contribution in [1.29, 1.82) is 0 Å². The number of amides is 3. The number of imide groups is 1. The Morgan fingerprint density at radius 2 is 2.00 bits per heavy atom. The number of hydrogen-bond acceptors (Lipinski definition) is 5. The minimum absolute atomic E-state index is 0.150. The number of hydrogen-bond donors (Lipinski definition) is 1. The fourth-order valence-electron chi connectivity index (χ4n) is 4.12. The standard InChI is InChI=1S/C21H21N3O4/c1-20(2)12-27-14-5-3-6-15(17(14)20)28-16-8-7-13(11-22-16)24-18(25)21(9-4-10-21)23-19(24)26/h3,5-8,11H,4,9-10,12H2,1-2H3,(H,23,26). The quantitative estimate of drug-likeness (QED) is 0.826. The Bertz CT molecular complexity index is 980. The highest BCUT2D eigenvalue weighted by molar-refractivity contribution is 6.23. The van der Waals surface area contributed by atoms with E-state index in [1.54, 1.807) is 12.1 Å². The summed E-state index contributed by atoms with van der Waals surface area (Å²) >= 11 is 0. The number of carbonyl (C=O) groups is 2. The first-order chi connectivity index (χ1) is 13.4. The number of ether oxygens (including phenoxy) is 2. The lowest BCUT2D eigenvalue weighted by Gasteiger charge is -2.34. The van der Waals surface area contributed by atoms with Crippen molar-refractivity contribution in [3.8, 4) is 17.4 Å². The van der Waals surface area contributed by atoms with Crippen molar-refractivity contribution in [2.45, 2.75) is 44.1 Å². The molecule has 2 aromatic rings. The van der Waals surface area contributed by atoms with Crippen LogP contribution in [0.15, 0.2) is 36.5 Å². The van der Waals surface area contributed by atoms with E-state index in [2.05, 4.69) is 24.1 Å². The number of aromatic nitrogens is 1. The van der Waals surface area contributed by atoms with Gasteiger partial charge < -0.3 is 14.8 Å². The Balaban J connectivity index is 1.40. The maximum Gasteiger partial charge on any atom is 0.329 e. The molecule has 7 heteroatoms. The molecule has 1 saturated heterocycles. The number of urea groups is 1. The predicted molar refractivity (Wildman–Crippen MR) is 102 cm³/mol. The van der Waals surface area contributed by atoms with E-state index in [1.807, 2.05) is 18.2 Å². The number of carbonyl (C=O) groups excluding carboxylic acids is 2. The molecular formula is C21H21N3O4. The van der Waals surface area contributed by atoms with Gasteiger partial charge in [0.05, 0.1) is 18.5 Å². The van der Waals surface area contributed by atoms with Gasteiger partial charge in [-0.25, -0.2) is 14.7 Å². The second-order valence-corrected chi connectivity index (χ2v) is 8.26. The number of anilines is 1. The van der Waals surface area contributed by atoms with Crippen LogP contribution in [0.3, 0.4) is 0 Å². The zero-order valence-electron chi connectivity index (χ0n) is 15.8. The van der Waals surface area contributed by atoms with E-state index >= 15 is 0 Å². The number of pyridine rings is 1. The molecule has 3 amide bonds. The van der Waals surface area contributed by atoms with Crippen molar-refractivity contribution in [2.75, 3.05) is 11.5 Å². The smallest absolute Gasteiger partial charge is 0.329 e. The van der Waals surface area contributed by atoms with Gasteiger partial charge in [0.1, 0.15) is 17.0 Å². The zero-order chi connectivity index (χ0) is 19.5. The van der Waals surface area contributed by atoms with E-state index in [-0.39, 0.29) is 17.4 Å². The average Bonchev–Trinajstić information content (AvgIpc) is 3.10. The van der Waals surface area contributed by atoms with Crippen LogP contribution >= 0.6 is 0 Å². The van der Waals surface area contributed by atoms with E-state index in [9.17, 15) is 9.59 Å². The number of nitrogens with one attached hydrogen (secondary N) is 1. The van der Waals surface area contributed by atoms with Gasteiger partial charge in [0.25, 0.3) is 5.91 Å². The van der Waals surface area contributed by atoms with Gasteiger partial charge in [0.2, 0.25) is 5.88 Å². The lowest BCUT2D eigenvalue weighted by atomic mass is 9.77. The summed E-state index contributed by atoms with van der Waals surface area (Å²) in [5.74, 6) is 1.72. The van der Waals surface area contributed by atoms with Crippen LogP contribution in [0.4, 0.5) is 10.5 Å². The largest absolute Gasteiger partial charge is 0.492 e. The topological polar surface area (TPSA) is 80.8 Å². The summed E-state index contributed by atoms with van der Waals surface area (Å²) in [7, 11) is 0. The van der Waals surface area contributed by atoms with Crippen molar-refractivity contribution < 1.29 is 19.1 Å². The maximum atomic E-state index is 12.7. The second-order valence-electron chi connectivity index (χ2n) is 8.26. The van der Waals surface area contributed by atoms with E-state index in [0.29, 0.717) is 36.8 Å². The molecule has 5 rings (SSSR count). The molecule has 3 heterocycles. The molecule has 2 aliphatic heterocycles. The van der Waals surface area contributed by atoms with Crippen molar-refractivity contribution in [2.24, 2.45) is 0 Å². The molecule has 7 nitrogen and oxygen atoms in total. The van der Waals surface area contributed by atoms with Crippen LogP contribution in [0.1, 0.15) is 38.7 Å². The second kappa shape index (κ2) is 5.70. The Kier molecular flexibility index (Phi) is 3.47. The molecule has 1 aliphatic carbocycles. The Morgan fingerprint density at radius 3 is 2.64 bits per heavy atom. The monoisotopic (exact) mass is 379 g/mol. The molecule has 0 unspecified atom stereocenters. The highest BCUT2D eigenvalue weighted by Crippen LogP contribution is 2.45. The van der Waals surface area contributed by atoms with Gasteiger partial charge in [-0.05, 0) is 37.5 Å². The van der Waals surface area contributed by atoms with Crippen LogP contribution in [0, 0.1) is 0 Å². The molecule has 1 saturated carbocycles. The molecule has 144 valence electrons. The van der Waals surface area contributed by atoms with Gasteiger partial charge in [0, 0.05) is 17.0 Å². The van der Waals surface area contributed by atoms with Gasteiger partial charge in [-0.15, -0.1) is 0 Å². The minimum Gasteiger partial charge on any atom is -0.492 e. The molecule has 3 aliphatic rings. The van der Waals surface area contributed by atoms with Crippen molar-refractivity contribution in [3.63, 3.8) is 0 Å². The fraction of sp³-hybridized carbons (Fsp3) is 0.381. The third-order valence-electron chi connectivity index (χ3n) is 5.82. The van der Waals surface area contributed by atoms with E-state index in [0.717, 1.165) is 17.7 Å². The summed E-state index contributed by atoms with van der Waals surface area (Å²) in [4.78, 5) is 30.4. The Morgan fingerprint density at radius 1 is 1.18 bits per heavy atom. The predicted octanol–water partition coefficient (Wildman–Crippen LogP) is 3.52. The van der Waals surface area contributed by atoms with Gasteiger partial charge in [0.15, 0.2) is 0 Å². The van der Waals surface area contributed by atoms with Crippen molar-refractivity contribution in [1.82, 2.24) is 10.3 Å². The van der Waals surface area contributed by atoms with Gasteiger partial charge in [-0.1, -0.05) is 19.9 Å². The molecule has 1 aromatic heterocycles. The molecule has 0 radical (unpaired) electrons. The number of nitrogens with zero attached hydrogens (tertiary/aromatic N) is 2. The number of fused-ring (bicyclic) bond motifs is 1. The van der Waals surface area contributed by atoms with Crippen LogP contribution < -0.4 is 19.7 Å². The molecule has 0 bridgehead atoms. The third kappa shape index (κ3) is 2.38. The Hall–Kier alpha value is -3.09. The van der Waals surface area contributed by atoms with Crippen LogP contribution in [0.25, 0.3) is 0 Å². The van der Waals surface area contributed by atoms with Gasteiger partial charge >= 0.3 is 6.03 Å². The van der Waals surface area contributed by atoms with Gasteiger partial charge in [-0.3, -0.25) is 4.79 Å². The third-order valence-corrected chi connectivity index (χ3v) is 5.82. The van der Waals surface area contributed by atoms with Crippen LogP contribution in [0.2, 0.25) is 0 Å². The highest BCUT2D eigenvalue weighted by atomic mass is 16.5. The van der Waals surface area contributed by atoms with Crippen molar-refractivity contribution in [3.05, 3.63) is 42.1 Å². The minimum atomic E-state index is -0.706. The SMILES string of the molecule is CC1(C)COc2cccc(Oc3ccc(N4C(=O)NC5(CCC5)C4=O)cn3)c21. The maximum absolute atomic E-state index is 12.7.